The fourth-order valence-corrected chi connectivity index (χ4v) is 4.27. The lowest BCUT2D eigenvalue weighted by Gasteiger charge is -2.38. The molecule has 0 aromatic heterocycles. The third-order valence-corrected chi connectivity index (χ3v) is 6.00. The lowest BCUT2D eigenvalue weighted by molar-refractivity contribution is 0.0397. The summed E-state index contributed by atoms with van der Waals surface area (Å²) in [5.41, 5.74) is 1.97. The molecule has 2 aliphatic heterocycles. The van der Waals surface area contributed by atoms with Crippen LogP contribution < -0.4 is 14.4 Å². The highest BCUT2D eigenvalue weighted by Crippen LogP contribution is 2.41. The molecule has 9 nitrogen and oxygen atoms in total. The van der Waals surface area contributed by atoms with E-state index in [4.69, 9.17) is 14.2 Å². The molecule has 1 unspecified atom stereocenters. The first kappa shape index (κ1) is 23.2. The minimum atomic E-state index is -1.43. The average molecular weight is 466 g/mol. The van der Waals surface area contributed by atoms with Gasteiger partial charge >= 0.3 is 6.09 Å². The highest BCUT2D eigenvalue weighted by molar-refractivity contribution is 6.06. The number of rotatable bonds is 5. The maximum atomic E-state index is 13.5. The number of fused-ring (bicyclic) bond motifs is 2. The number of aromatic hydroxyl groups is 1. The Labute approximate surface area is 197 Å². The van der Waals surface area contributed by atoms with Gasteiger partial charge in [0.25, 0.3) is 5.91 Å². The first-order valence-electron chi connectivity index (χ1n) is 10.7. The summed E-state index contributed by atoms with van der Waals surface area (Å²) in [5, 5.41) is 21.7. The number of hydrogen-bond donors (Lipinski definition) is 2. The molecule has 0 radical (unpaired) electrons. The van der Waals surface area contributed by atoms with Crippen LogP contribution in [-0.2, 0) is 4.74 Å². The molecule has 2 N–H and O–H groups in total. The first-order chi connectivity index (χ1) is 16.4. The van der Waals surface area contributed by atoms with Crippen LogP contribution >= 0.6 is 0 Å². The van der Waals surface area contributed by atoms with Crippen molar-refractivity contribution in [3.63, 3.8) is 0 Å². The van der Waals surface area contributed by atoms with Crippen LogP contribution in [0, 0.1) is 0 Å². The van der Waals surface area contributed by atoms with Gasteiger partial charge in [0.2, 0.25) is 0 Å². The van der Waals surface area contributed by atoms with E-state index in [0.717, 1.165) is 16.0 Å². The molecule has 0 spiro atoms. The second-order valence-electron chi connectivity index (χ2n) is 7.88. The standard InChI is InChI=1S/C25H26N2O7/c1-4-11-34-25(31)27-19-14-21(28)22(33-3)13-18(19)23(29)26-10-9-16(12-20(26)24(27)30)15-5-7-17(32-2)8-6-15/h4-9,13-14,20,24,28,30H,1,10-12H2,2-3H3/t20-,24?/m0/s1. The fraction of sp³-hybridized carbons (Fsp3) is 0.280. The van der Waals surface area contributed by atoms with Crippen LogP contribution in [0.4, 0.5) is 10.5 Å². The number of aliphatic hydroxyl groups excluding tert-OH is 1. The van der Waals surface area contributed by atoms with Gasteiger partial charge in [0, 0.05) is 12.6 Å². The molecule has 2 atom stereocenters. The Kier molecular flexibility index (Phi) is 6.47. The van der Waals surface area contributed by atoms with Gasteiger partial charge in [-0.25, -0.2) is 9.69 Å². The summed E-state index contributed by atoms with van der Waals surface area (Å²) in [6.07, 6.45) is 1.32. The monoisotopic (exact) mass is 466 g/mol. The Balaban J connectivity index is 1.78. The quantitative estimate of drug-likeness (QED) is 0.652. The van der Waals surface area contributed by atoms with Gasteiger partial charge in [-0.1, -0.05) is 30.9 Å². The molecule has 2 amide bonds. The van der Waals surface area contributed by atoms with Crippen molar-refractivity contribution in [2.75, 3.05) is 32.3 Å². The summed E-state index contributed by atoms with van der Waals surface area (Å²) in [7, 11) is 2.95. The summed E-state index contributed by atoms with van der Waals surface area (Å²) in [5.74, 6) is 0.110. The van der Waals surface area contributed by atoms with E-state index in [0.29, 0.717) is 12.2 Å². The molecule has 0 bridgehead atoms. The Bertz CT molecular complexity index is 1140. The summed E-state index contributed by atoms with van der Waals surface area (Å²) >= 11 is 0. The zero-order valence-electron chi connectivity index (χ0n) is 18.9. The molecule has 0 saturated heterocycles. The van der Waals surface area contributed by atoms with E-state index in [9.17, 15) is 19.8 Å². The summed E-state index contributed by atoms with van der Waals surface area (Å²) in [4.78, 5) is 29.0. The molecular formula is C25H26N2O7. The van der Waals surface area contributed by atoms with Crippen LogP contribution in [0.2, 0.25) is 0 Å². The zero-order chi connectivity index (χ0) is 24.4. The lowest BCUT2D eigenvalue weighted by Crippen LogP contribution is -2.54. The molecule has 2 aromatic rings. The fourth-order valence-electron chi connectivity index (χ4n) is 4.27. The SMILES string of the molecule is C=CCOC(=O)N1c2cc(O)c(OC)cc2C(=O)N2CC=C(c3ccc(OC)cc3)C[C@H]2C1O. The Hall–Kier alpha value is -3.98. The number of anilines is 1. The van der Waals surface area contributed by atoms with Crippen LogP contribution in [0.25, 0.3) is 5.57 Å². The topological polar surface area (TPSA) is 109 Å². The molecule has 34 heavy (non-hydrogen) atoms. The normalized spacial score (nSPS) is 19.4. The summed E-state index contributed by atoms with van der Waals surface area (Å²) in [6, 6.07) is 9.30. The molecular weight excluding hydrogens is 440 g/mol. The summed E-state index contributed by atoms with van der Waals surface area (Å²) < 4.78 is 15.6. The van der Waals surface area contributed by atoms with E-state index in [1.165, 1.54) is 30.2 Å². The van der Waals surface area contributed by atoms with E-state index in [1.54, 1.807) is 7.11 Å². The predicted molar refractivity (Wildman–Crippen MR) is 125 cm³/mol. The van der Waals surface area contributed by atoms with Crippen LogP contribution in [0.3, 0.4) is 0 Å². The lowest BCUT2D eigenvalue weighted by atomic mass is 9.92. The minimum Gasteiger partial charge on any atom is -0.504 e. The molecule has 0 aliphatic carbocycles. The van der Waals surface area contributed by atoms with Crippen molar-refractivity contribution < 1.29 is 34.0 Å². The number of hydrogen-bond acceptors (Lipinski definition) is 7. The Morgan fingerprint density at radius 3 is 2.59 bits per heavy atom. The highest BCUT2D eigenvalue weighted by Gasteiger charge is 2.44. The molecule has 9 heteroatoms. The van der Waals surface area contributed by atoms with Crippen molar-refractivity contribution in [1.29, 1.82) is 0 Å². The van der Waals surface area contributed by atoms with Crippen LogP contribution in [0.1, 0.15) is 22.3 Å². The van der Waals surface area contributed by atoms with Gasteiger partial charge in [0.1, 0.15) is 12.4 Å². The minimum absolute atomic E-state index is 0.0326. The number of ether oxygens (including phenoxy) is 3. The van der Waals surface area contributed by atoms with Crippen molar-refractivity contribution in [2.24, 2.45) is 0 Å². The number of benzene rings is 2. The van der Waals surface area contributed by atoms with E-state index < -0.39 is 24.3 Å². The predicted octanol–water partition coefficient (Wildman–Crippen LogP) is 3.17. The van der Waals surface area contributed by atoms with E-state index >= 15 is 0 Å². The van der Waals surface area contributed by atoms with Crippen molar-refractivity contribution in [3.8, 4) is 17.2 Å². The Morgan fingerprint density at radius 2 is 1.94 bits per heavy atom. The van der Waals surface area contributed by atoms with Crippen LogP contribution in [0.5, 0.6) is 17.2 Å². The second kappa shape index (κ2) is 9.48. The number of methoxy groups -OCH3 is 2. The van der Waals surface area contributed by atoms with Gasteiger partial charge in [-0.05, 0) is 35.8 Å². The smallest absolute Gasteiger partial charge is 0.416 e. The highest BCUT2D eigenvalue weighted by atomic mass is 16.6. The van der Waals surface area contributed by atoms with Crippen molar-refractivity contribution in [1.82, 2.24) is 4.90 Å². The number of phenolic OH excluding ortho intramolecular Hbond substituents is 1. The second-order valence-corrected chi connectivity index (χ2v) is 7.88. The number of carbonyl (C=O) groups is 2. The van der Waals surface area contributed by atoms with E-state index in [2.05, 4.69) is 6.58 Å². The van der Waals surface area contributed by atoms with Gasteiger partial charge in [0.15, 0.2) is 17.7 Å². The van der Waals surface area contributed by atoms with Gasteiger partial charge < -0.3 is 29.3 Å². The number of aliphatic hydroxyl groups is 1. The van der Waals surface area contributed by atoms with Crippen molar-refractivity contribution in [3.05, 3.63) is 66.3 Å². The molecule has 0 saturated carbocycles. The van der Waals surface area contributed by atoms with Crippen LogP contribution in [0.15, 0.2) is 55.1 Å². The largest absolute Gasteiger partial charge is 0.504 e. The van der Waals surface area contributed by atoms with Crippen molar-refractivity contribution >= 4 is 23.3 Å². The Morgan fingerprint density at radius 1 is 1.21 bits per heavy atom. The van der Waals surface area contributed by atoms with Gasteiger partial charge in [0.05, 0.1) is 31.5 Å². The first-order valence-corrected chi connectivity index (χ1v) is 10.7. The van der Waals surface area contributed by atoms with Gasteiger partial charge in [-0.2, -0.15) is 0 Å². The number of phenols is 1. The average Bonchev–Trinajstić information content (AvgIpc) is 2.94. The number of carbonyl (C=O) groups excluding carboxylic acids is 2. The third-order valence-electron chi connectivity index (χ3n) is 6.00. The molecule has 178 valence electrons. The van der Waals surface area contributed by atoms with Gasteiger partial charge in [-0.15, -0.1) is 0 Å². The van der Waals surface area contributed by atoms with Gasteiger partial charge in [-0.3, -0.25) is 4.79 Å². The third kappa shape index (κ3) is 4.06. The maximum Gasteiger partial charge on any atom is 0.416 e. The molecule has 2 heterocycles. The van der Waals surface area contributed by atoms with Crippen molar-refractivity contribution in [2.45, 2.75) is 18.7 Å². The maximum absolute atomic E-state index is 13.5. The van der Waals surface area contributed by atoms with E-state index in [1.807, 2.05) is 30.3 Å². The van der Waals surface area contributed by atoms with E-state index in [-0.39, 0.29) is 35.9 Å². The molecule has 4 rings (SSSR count). The molecule has 0 fully saturated rings. The summed E-state index contributed by atoms with van der Waals surface area (Å²) in [6.45, 7) is 3.67. The zero-order valence-corrected chi connectivity index (χ0v) is 18.9. The molecule has 2 aromatic carbocycles. The van der Waals surface area contributed by atoms with Crippen LogP contribution in [-0.4, -0.2) is 66.8 Å². The number of nitrogens with zero attached hydrogens (tertiary/aromatic N) is 2. The molecule has 2 aliphatic rings. The number of amides is 2.